The Hall–Kier alpha value is -1.62. The van der Waals surface area contributed by atoms with Gasteiger partial charge in [0.2, 0.25) is 0 Å². The van der Waals surface area contributed by atoms with Crippen molar-refractivity contribution < 1.29 is 18.7 Å². The summed E-state index contributed by atoms with van der Waals surface area (Å²) < 4.78 is 23.3. The maximum atomic E-state index is 13.1. The molecule has 19 heavy (non-hydrogen) atoms. The van der Waals surface area contributed by atoms with E-state index in [1.807, 2.05) is 6.92 Å². The normalized spacial score (nSPS) is 12.0. The van der Waals surface area contributed by atoms with Gasteiger partial charge in [0.25, 0.3) is 0 Å². The second-order valence-corrected chi connectivity index (χ2v) is 4.25. The number of hydrogen-bond donors (Lipinski definition) is 1. The molecule has 1 aromatic rings. The van der Waals surface area contributed by atoms with Crippen molar-refractivity contribution in [3.63, 3.8) is 0 Å². The van der Waals surface area contributed by atoms with Crippen LogP contribution >= 0.6 is 0 Å². The third-order valence-electron chi connectivity index (χ3n) is 2.67. The summed E-state index contributed by atoms with van der Waals surface area (Å²) >= 11 is 0. The quantitative estimate of drug-likeness (QED) is 0.770. The van der Waals surface area contributed by atoms with Crippen LogP contribution in [-0.4, -0.2) is 32.3 Å². The summed E-state index contributed by atoms with van der Waals surface area (Å²) in [5.74, 6) is -0.112. The van der Waals surface area contributed by atoms with E-state index < -0.39 is 6.04 Å². The fourth-order valence-electron chi connectivity index (χ4n) is 1.56. The topological polar surface area (TPSA) is 47.6 Å². The van der Waals surface area contributed by atoms with Gasteiger partial charge in [0.05, 0.1) is 7.11 Å². The van der Waals surface area contributed by atoms with Crippen molar-refractivity contribution in [2.75, 3.05) is 20.3 Å². The summed E-state index contributed by atoms with van der Waals surface area (Å²) in [6, 6.07) is 3.97. The predicted molar refractivity (Wildman–Crippen MR) is 70.7 cm³/mol. The highest BCUT2D eigenvalue weighted by Gasteiger charge is 2.19. The Bertz CT molecular complexity index is 423. The van der Waals surface area contributed by atoms with Gasteiger partial charge in [-0.2, -0.15) is 0 Å². The van der Waals surface area contributed by atoms with Crippen molar-refractivity contribution in [2.45, 2.75) is 26.3 Å². The van der Waals surface area contributed by atoms with Gasteiger partial charge >= 0.3 is 5.97 Å². The van der Waals surface area contributed by atoms with Gasteiger partial charge in [-0.05, 0) is 43.7 Å². The van der Waals surface area contributed by atoms with Crippen LogP contribution in [0.15, 0.2) is 18.2 Å². The third-order valence-corrected chi connectivity index (χ3v) is 2.67. The molecule has 1 rings (SSSR count). The molecule has 0 aliphatic rings. The Kier molecular flexibility index (Phi) is 6.29. The highest BCUT2D eigenvalue weighted by molar-refractivity contribution is 5.75. The van der Waals surface area contributed by atoms with Crippen molar-refractivity contribution in [3.8, 4) is 5.75 Å². The van der Waals surface area contributed by atoms with E-state index in [0.717, 1.165) is 6.42 Å². The Balaban J connectivity index is 2.59. The van der Waals surface area contributed by atoms with Crippen molar-refractivity contribution in [2.24, 2.45) is 0 Å². The van der Waals surface area contributed by atoms with Crippen molar-refractivity contribution in [1.29, 1.82) is 0 Å². The van der Waals surface area contributed by atoms with E-state index >= 15 is 0 Å². The molecule has 0 saturated heterocycles. The lowest BCUT2D eigenvalue weighted by Gasteiger charge is -2.17. The smallest absolute Gasteiger partial charge is 0.326 e. The molecule has 0 aliphatic carbocycles. The molecule has 0 amide bonds. The Morgan fingerprint density at radius 2 is 2.21 bits per heavy atom. The summed E-state index contributed by atoms with van der Waals surface area (Å²) in [6.07, 6.45) is 0.906. The average Bonchev–Trinajstić information content (AvgIpc) is 2.42. The molecule has 1 aromatic carbocycles. The number of nitrogens with one attached hydrogen (secondary N) is 1. The molecule has 0 saturated carbocycles. The van der Waals surface area contributed by atoms with E-state index in [9.17, 15) is 9.18 Å². The third kappa shape index (κ3) is 4.87. The first-order chi connectivity index (χ1) is 9.08. The van der Waals surface area contributed by atoms with Gasteiger partial charge in [0.1, 0.15) is 24.2 Å². The van der Waals surface area contributed by atoms with Gasteiger partial charge in [-0.1, -0.05) is 6.92 Å². The number of halogens is 1. The first-order valence-electron chi connectivity index (χ1n) is 6.28. The number of ether oxygens (including phenoxy) is 2. The van der Waals surface area contributed by atoms with Crippen LogP contribution in [0.2, 0.25) is 0 Å². The largest absolute Gasteiger partial charge is 0.491 e. The van der Waals surface area contributed by atoms with Crippen LogP contribution in [0.3, 0.4) is 0 Å². The van der Waals surface area contributed by atoms with E-state index in [-0.39, 0.29) is 18.4 Å². The van der Waals surface area contributed by atoms with Crippen LogP contribution in [0.4, 0.5) is 4.39 Å². The molecule has 0 fully saturated rings. The number of carbonyl (C=O) groups is 1. The fourth-order valence-corrected chi connectivity index (χ4v) is 1.56. The molecule has 0 spiro atoms. The molecule has 0 heterocycles. The van der Waals surface area contributed by atoms with Gasteiger partial charge in [-0.15, -0.1) is 0 Å². The fraction of sp³-hybridized carbons (Fsp3) is 0.500. The monoisotopic (exact) mass is 269 g/mol. The number of methoxy groups -OCH3 is 1. The SMILES string of the molecule is CCCNC(COc1ccc(F)c(C)c1)C(=O)OC. The lowest BCUT2D eigenvalue weighted by Crippen LogP contribution is -2.42. The summed E-state index contributed by atoms with van der Waals surface area (Å²) in [5.41, 5.74) is 0.508. The zero-order valence-electron chi connectivity index (χ0n) is 11.5. The van der Waals surface area contributed by atoms with Gasteiger partial charge < -0.3 is 14.8 Å². The maximum Gasteiger partial charge on any atom is 0.326 e. The van der Waals surface area contributed by atoms with E-state index in [1.54, 1.807) is 13.0 Å². The standard InChI is InChI=1S/C14H20FNO3/c1-4-7-16-13(14(17)18-3)9-19-11-5-6-12(15)10(2)8-11/h5-6,8,13,16H,4,7,9H2,1-3H3. The highest BCUT2D eigenvalue weighted by Crippen LogP contribution is 2.16. The van der Waals surface area contributed by atoms with Gasteiger partial charge in [-0.3, -0.25) is 4.79 Å². The predicted octanol–water partition coefficient (Wildman–Crippen LogP) is 2.05. The summed E-state index contributed by atoms with van der Waals surface area (Å²) in [6.45, 7) is 4.52. The lowest BCUT2D eigenvalue weighted by atomic mass is 10.2. The first-order valence-corrected chi connectivity index (χ1v) is 6.28. The van der Waals surface area contributed by atoms with E-state index in [0.29, 0.717) is 17.9 Å². The van der Waals surface area contributed by atoms with Crippen LogP contribution in [0.5, 0.6) is 5.75 Å². The number of aryl methyl sites for hydroxylation is 1. The molecular formula is C14H20FNO3. The lowest BCUT2D eigenvalue weighted by molar-refractivity contribution is -0.143. The Morgan fingerprint density at radius 1 is 1.47 bits per heavy atom. The minimum absolute atomic E-state index is 0.151. The van der Waals surface area contributed by atoms with E-state index in [4.69, 9.17) is 9.47 Å². The molecule has 4 nitrogen and oxygen atoms in total. The van der Waals surface area contributed by atoms with Crippen LogP contribution in [0, 0.1) is 12.7 Å². The van der Waals surface area contributed by atoms with Crippen molar-refractivity contribution >= 4 is 5.97 Å². The zero-order valence-corrected chi connectivity index (χ0v) is 11.5. The van der Waals surface area contributed by atoms with E-state index in [2.05, 4.69) is 5.32 Å². The number of esters is 1. The van der Waals surface area contributed by atoms with Gasteiger partial charge in [0, 0.05) is 0 Å². The molecule has 0 bridgehead atoms. The van der Waals surface area contributed by atoms with E-state index in [1.165, 1.54) is 19.2 Å². The number of benzene rings is 1. The molecule has 106 valence electrons. The molecule has 1 atom stereocenters. The molecule has 0 aromatic heterocycles. The number of hydrogen-bond acceptors (Lipinski definition) is 4. The molecular weight excluding hydrogens is 249 g/mol. The highest BCUT2D eigenvalue weighted by atomic mass is 19.1. The van der Waals surface area contributed by atoms with Gasteiger partial charge in [-0.25, -0.2) is 4.39 Å². The second-order valence-electron chi connectivity index (χ2n) is 4.25. The van der Waals surface area contributed by atoms with Crippen molar-refractivity contribution in [1.82, 2.24) is 5.32 Å². The Labute approximate surface area is 112 Å². The Morgan fingerprint density at radius 3 is 2.79 bits per heavy atom. The summed E-state index contributed by atoms with van der Waals surface area (Å²) in [7, 11) is 1.34. The van der Waals surface area contributed by atoms with Gasteiger partial charge in [0.15, 0.2) is 0 Å². The number of rotatable bonds is 7. The van der Waals surface area contributed by atoms with Crippen LogP contribution in [0.25, 0.3) is 0 Å². The second kappa shape index (κ2) is 7.74. The maximum absolute atomic E-state index is 13.1. The van der Waals surface area contributed by atoms with Crippen LogP contribution in [0.1, 0.15) is 18.9 Å². The summed E-state index contributed by atoms with van der Waals surface area (Å²) in [5, 5.41) is 3.04. The molecule has 0 radical (unpaired) electrons. The zero-order chi connectivity index (χ0) is 14.3. The van der Waals surface area contributed by atoms with Crippen LogP contribution < -0.4 is 10.1 Å². The summed E-state index contributed by atoms with van der Waals surface area (Å²) in [4.78, 5) is 11.5. The van der Waals surface area contributed by atoms with Crippen molar-refractivity contribution in [3.05, 3.63) is 29.6 Å². The first kappa shape index (κ1) is 15.4. The molecule has 0 aliphatic heterocycles. The molecule has 5 heteroatoms. The molecule has 1 unspecified atom stereocenters. The average molecular weight is 269 g/mol. The minimum Gasteiger partial charge on any atom is -0.491 e. The van der Waals surface area contributed by atoms with Crippen LogP contribution in [-0.2, 0) is 9.53 Å². The minimum atomic E-state index is -0.518. The molecule has 1 N–H and O–H groups in total. The number of carbonyl (C=O) groups excluding carboxylic acids is 1.